The van der Waals surface area contributed by atoms with Crippen molar-refractivity contribution in [1.82, 2.24) is 29.4 Å². The number of aromatic amines is 1. The van der Waals surface area contributed by atoms with Gasteiger partial charge in [-0.05, 0) is 50.8 Å². The number of hydrogen-bond donors (Lipinski definition) is 1. The Morgan fingerprint density at radius 1 is 1.06 bits per heavy atom. The summed E-state index contributed by atoms with van der Waals surface area (Å²) >= 11 is 0. The maximum absolute atomic E-state index is 13.7. The molecule has 32 heavy (non-hydrogen) atoms. The van der Waals surface area contributed by atoms with Crippen LogP contribution in [-0.2, 0) is 13.0 Å². The molecule has 1 unspecified atom stereocenters. The van der Waals surface area contributed by atoms with E-state index in [0.29, 0.717) is 12.1 Å². The smallest absolute Gasteiger partial charge is 0.256 e. The molecule has 1 saturated heterocycles. The van der Waals surface area contributed by atoms with E-state index in [1.807, 2.05) is 36.1 Å². The molecule has 4 aromatic rings. The Morgan fingerprint density at radius 3 is 2.88 bits per heavy atom. The van der Waals surface area contributed by atoms with E-state index in [4.69, 9.17) is 15.0 Å². The minimum atomic E-state index is 0.0644. The Balaban J connectivity index is 1.33. The molecule has 0 radical (unpaired) electrons. The third-order valence-electron chi connectivity index (χ3n) is 6.93. The summed E-state index contributed by atoms with van der Waals surface area (Å²) in [7, 11) is 0. The van der Waals surface area contributed by atoms with Crippen LogP contribution in [0.5, 0.6) is 0 Å². The first-order chi connectivity index (χ1) is 15.7. The van der Waals surface area contributed by atoms with Gasteiger partial charge in [-0.15, -0.1) is 0 Å². The highest BCUT2D eigenvalue weighted by Crippen LogP contribution is 2.30. The Morgan fingerprint density at radius 2 is 1.97 bits per heavy atom. The third-order valence-corrected chi connectivity index (χ3v) is 6.93. The molecule has 1 atom stereocenters. The van der Waals surface area contributed by atoms with E-state index < -0.39 is 0 Å². The van der Waals surface area contributed by atoms with Crippen molar-refractivity contribution in [2.24, 2.45) is 0 Å². The monoisotopic (exact) mass is 428 g/mol. The van der Waals surface area contributed by atoms with Gasteiger partial charge in [-0.3, -0.25) is 4.79 Å². The zero-order valence-electron chi connectivity index (χ0n) is 18.5. The average Bonchev–Trinajstić information content (AvgIpc) is 3.32. The first-order valence-electron chi connectivity index (χ1n) is 11.8. The van der Waals surface area contributed by atoms with Gasteiger partial charge in [-0.1, -0.05) is 18.6 Å². The lowest BCUT2D eigenvalue weighted by molar-refractivity contribution is 0.0706. The average molecular weight is 429 g/mol. The largest absolute Gasteiger partial charge is 0.342 e. The van der Waals surface area contributed by atoms with Crippen molar-refractivity contribution in [1.29, 1.82) is 0 Å². The number of aromatic nitrogens is 5. The fourth-order valence-electron chi connectivity index (χ4n) is 5.30. The highest BCUT2D eigenvalue weighted by molar-refractivity contribution is 6.04. The van der Waals surface area contributed by atoms with Crippen LogP contribution in [0.25, 0.3) is 22.2 Å². The summed E-state index contributed by atoms with van der Waals surface area (Å²) < 4.78 is 2.24. The highest BCUT2D eigenvalue weighted by Gasteiger charge is 2.30. The second-order valence-corrected chi connectivity index (χ2v) is 9.20. The van der Waals surface area contributed by atoms with Crippen LogP contribution in [0.1, 0.15) is 65.7 Å². The van der Waals surface area contributed by atoms with Gasteiger partial charge in [0.05, 0.1) is 16.6 Å². The number of likely N-dealkylation sites (tertiary alicyclic amines) is 1. The molecule has 1 aromatic carbocycles. The summed E-state index contributed by atoms with van der Waals surface area (Å²) in [6.07, 6.45) is 6.48. The van der Waals surface area contributed by atoms with Crippen LogP contribution in [0.4, 0.5) is 0 Å². The molecule has 6 rings (SSSR count). The van der Waals surface area contributed by atoms with Crippen molar-refractivity contribution < 1.29 is 4.79 Å². The second-order valence-electron chi connectivity index (χ2n) is 9.20. The number of hydrogen-bond acceptors (Lipinski definition) is 4. The number of fused-ring (bicyclic) bond motifs is 4. The fourth-order valence-corrected chi connectivity index (χ4v) is 5.30. The van der Waals surface area contributed by atoms with Crippen molar-refractivity contribution in [2.45, 2.75) is 57.9 Å². The summed E-state index contributed by atoms with van der Waals surface area (Å²) in [6.45, 7) is 4.36. The molecule has 1 N–H and O–H groups in total. The lowest BCUT2D eigenvalue weighted by Crippen LogP contribution is -2.39. The molecule has 2 aliphatic rings. The first kappa shape index (κ1) is 19.5. The molecule has 0 saturated carbocycles. The van der Waals surface area contributed by atoms with Crippen LogP contribution in [-0.4, -0.2) is 48.4 Å². The molecule has 3 aromatic heterocycles. The molecule has 0 bridgehead atoms. The molecule has 7 heteroatoms. The normalized spacial score (nSPS) is 19.3. The number of imidazole rings is 2. The molecule has 2 aliphatic heterocycles. The number of carbonyl (C=O) groups is 1. The van der Waals surface area contributed by atoms with Crippen molar-refractivity contribution in [3.05, 3.63) is 53.2 Å². The number of carbonyl (C=O) groups excluding carboxylic acids is 1. The lowest BCUT2D eigenvalue weighted by Gasteiger charge is -2.32. The summed E-state index contributed by atoms with van der Waals surface area (Å²) in [5, 5.41) is 0. The molecule has 0 aliphatic carbocycles. The fraction of sp³-hybridized carbons (Fsp3) is 0.440. The number of nitrogens with one attached hydrogen (secondary N) is 1. The van der Waals surface area contributed by atoms with E-state index in [2.05, 4.69) is 15.6 Å². The molecule has 5 heterocycles. The zero-order valence-corrected chi connectivity index (χ0v) is 18.5. The molecular formula is C25H28N6O. The molecule has 7 nitrogen and oxygen atoms in total. The van der Waals surface area contributed by atoms with Crippen LogP contribution >= 0.6 is 0 Å². The van der Waals surface area contributed by atoms with E-state index in [1.165, 1.54) is 6.42 Å². The molecule has 1 amide bonds. The number of pyridine rings is 1. The molecule has 164 valence electrons. The quantitative estimate of drug-likeness (QED) is 0.514. The number of benzene rings is 1. The maximum Gasteiger partial charge on any atom is 0.256 e. The van der Waals surface area contributed by atoms with E-state index >= 15 is 0 Å². The van der Waals surface area contributed by atoms with Gasteiger partial charge in [0.1, 0.15) is 17.2 Å². The van der Waals surface area contributed by atoms with Crippen LogP contribution in [0, 0.1) is 6.92 Å². The van der Waals surface area contributed by atoms with Crippen molar-refractivity contribution in [2.75, 3.05) is 13.1 Å². The SMILES string of the molecule is Cc1cc(C(=O)N2CCCC(c3nc4ccccc4[nH]3)C2)c2nc3n(c2n1)CCCCC3. The standard InChI is InChI=1S/C25H28N6O/c1-16-14-18(22-24(26-16)31-13-6-2-3-11-21(31)29-22)25(32)30-12-7-8-17(15-30)23-27-19-9-4-5-10-20(19)28-23/h4-5,9-10,14,17H,2-3,6-8,11-13,15H2,1H3,(H,27,28). The number of aryl methyl sites for hydroxylation is 3. The summed E-state index contributed by atoms with van der Waals surface area (Å²) in [6, 6.07) is 10.0. The lowest BCUT2D eigenvalue weighted by atomic mass is 9.96. The van der Waals surface area contributed by atoms with Crippen molar-refractivity contribution in [3.8, 4) is 0 Å². The minimum Gasteiger partial charge on any atom is -0.342 e. The summed E-state index contributed by atoms with van der Waals surface area (Å²) in [5.41, 5.74) is 5.24. The van der Waals surface area contributed by atoms with Gasteiger partial charge < -0.3 is 14.5 Å². The zero-order chi connectivity index (χ0) is 21.7. The predicted molar refractivity (Wildman–Crippen MR) is 124 cm³/mol. The Hall–Kier alpha value is -3.22. The summed E-state index contributed by atoms with van der Waals surface area (Å²) in [5.74, 6) is 2.34. The van der Waals surface area contributed by atoms with Gasteiger partial charge in [-0.2, -0.15) is 0 Å². The highest BCUT2D eigenvalue weighted by atomic mass is 16.2. The number of rotatable bonds is 2. The first-order valence-corrected chi connectivity index (χ1v) is 11.8. The van der Waals surface area contributed by atoms with Crippen LogP contribution in [0.2, 0.25) is 0 Å². The van der Waals surface area contributed by atoms with Gasteiger partial charge >= 0.3 is 0 Å². The number of amides is 1. The Labute approximate surface area is 186 Å². The van der Waals surface area contributed by atoms with E-state index in [1.54, 1.807) is 0 Å². The van der Waals surface area contributed by atoms with Gasteiger partial charge in [0, 0.05) is 37.7 Å². The topological polar surface area (TPSA) is 79.7 Å². The van der Waals surface area contributed by atoms with Gasteiger partial charge in [0.2, 0.25) is 0 Å². The minimum absolute atomic E-state index is 0.0644. The van der Waals surface area contributed by atoms with Crippen LogP contribution in [0.15, 0.2) is 30.3 Å². The predicted octanol–water partition coefficient (Wildman–Crippen LogP) is 4.36. The molecular weight excluding hydrogens is 400 g/mol. The maximum atomic E-state index is 13.7. The van der Waals surface area contributed by atoms with Gasteiger partial charge in [0.25, 0.3) is 5.91 Å². The van der Waals surface area contributed by atoms with Crippen molar-refractivity contribution in [3.63, 3.8) is 0 Å². The summed E-state index contributed by atoms with van der Waals surface area (Å²) in [4.78, 5) is 33.7. The van der Waals surface area contributed by atoms with Crippen molar-refractivity contribution >= 4 is 28.1 Å². The number of para-hydroxylation sites is 2. The van der Waals surface area contributed by atoms with E-state index in [-0.39, 0.29) is 11.8 Å². The Kier molecular flexibility index (Phi) is 4.70. The molecule has 1 fully saturated rings. The van der Waals surface area contributed by atoms with E-state index in [9.17, 15) is 4.79 Å². The third kappa shape index (κ3) is 3.27. The van der Waals surface area contributed by atoms with Crippen LogP contribution in [0.3, 0.4) is 0 Å². The second kappa shape index (κ2) is 7.73. The number of nitrogens with zero attached hydrogens (tertiary/aromatic N) is 5. The van der Waals surface area contributed by atoms with Crippen LogP contribution < -0.4 is 0 Å². The van der Waals surface area contributed by atoms with Gasteiger partial charge in [0.15, 0.2) is 5.65 Å². The number of H-pyrrole nitrogens is 1. The van der Waals surface area contributed by atoms with Gasteiger partial charge in [-0.25, -0.2) is 15.0 Å². The Bertz CT molecular complexity index is 1290. The molecule has 0 spiro atoms. The number of piperidine rings is 1. The van der Waals surface area contributed by atoms with E-state index in [0.717, 1.165) is 84.7 Å².